The summed E-state index contributed by atoms with van der Waals surface area (Å²) in [5.74, 6) is 0.453. The molecule has 2 aliphatic rings. The number of hydrogen-bond acceptors (Lipinski definition) is 2. The Kier molecular flexibility index (Phi) is 1.95. The van der Waals surface area contributed by atoms with E-state index in [1.165, 1.54) is 19.3 Å². The summed E-state index contributed by atoms with van der Waals surface area (Å²) in [6, 6.07) is 0. The van der Waals surface area contributed by atoms with E-state index in [0.717, 1.165) is 12.8 Å². The van der Waals surface area contributed by atoms with E-state index in [0.29, 0.717) is 12.4 Å². The molecule has 12 heavy (non-hydrogen) atoms. The molecule has 2 heteroatoms. The first-order chi connectivity index (χ1) is 5.75. The predicted octanol–water partition coefficient (Wildman–Crippen LogP) is 1.92. The van der Waals surface area contributed by atoms with E-state index < -0.39 is 0 Å². The summed E-state index contributed by atoms with van der Waals surface area (Å²) >= 11 is 0. The molecule has 0 radical (unpaired) electrons. The summed E-state index contributed by atoms with van der Waals surface area (Å²) in [6.07, 6.45) is 5.97. The van der Waals surface area contributed by atoms with Crippen LogP contribution in [0.4, 0.5) is 0 Å². The lowest BCUT2D eigenvalue weighted by molar-refractivity contribution is -0.120. The van der Waals surface area contributed by atoms with E-state index in [2.05, 4.69) is 0 Å². The van der Waals surface area contributed by atoms with E-state index >= 15 is 0 Å². The van der Waals surface area contributed by atoms with Crippen molar-refractivity contribution >= 4 is 5.78 Å². The molecule has 0 bridgehead atoms. The molecule has 1 atom stereocenters. The number of ether oxygens (including phenoxy) is 1. The molecule has 1 aliphatic carbocycles. The van der Waals surface area contributed by atoms with Crippen LogP contribution in [0.25, 0.3) is 0 Å². The SMILES string of the molecule is CC1C(=O)COC12CCCCC2. The molecule has 1 heterocycles. The molecule has 1 spiro atoms. The number of ketones is 1. The topological polar surface area (TPSA) is 26.3 Å². The zero-order chi connectivity index (χ0) is 8.60. The maximum atomic E-state index is 11.3. The number of hydrogen-bond donors (Lipinski definition) is 0. The summed E-state index contributed by atoms with van der Waals surface area (Å²) in [5, 5.41) is 0. The van der Waals surface area contributed by atoms with Gasteiger partial charge in [-0.3, -0.25) is 4.79 Å². The standard InChI is InChI=1S/C10H16O2/c1-8-9(11)7-12-10(8)5-3-2-4-6-10/h8H,2-7H2,1H3. The highest BCUT2D eigenvalue weighted by Gasteiger charge is 2.46. The van der Waals surface area contributed by atoms with E-state index in [9.17, 15) is 4.79 Å². The smallest absolute Gasteiger partial charge is 0.164 e. The number of carbonyl (C=O) groups excluding carboxylic acids is 1. The van der Waals surface area contributed by atoms with Crippen molar-refractivity contribution < 1.29 is 9.53 Å². The monoisotopic (exact) mass is 168 g/mol. The first kappa shape index (κ1) is 8.24. The van der Waals surface area contributed by atoms with Gasteiger partial charge in [0.25, 0.3) is 0 Å². The molecule has 68 valence electrons. The Hall–Kier alpha value is -0.370. The van der Waals surface area contributed by atoms with Crippen molar-refractivity contribution in [1.29, 1.82) is 0 Å². The predicted molar refractivity (Wildman–Crippen MR) is 45.9 cm³/mol. The summed E-state index contributed by atoms with van der Waals surface area (Å²) in [6.45, 7) is 2.39. The summed E-state index contributed by atoms with van der Waals surface area (Å²) in [4.78, 5) is 11.3. The minimum absolute atomic E-state index is 0.0463. The van der Waals surface area contributed by atoms with Crippen LogP contribution in [0.5, 0.6) is 0 Å². The van der Waals surface area contributed by atoms with Gasteiger partial charge in [0.15, 0.2) is 5.78 Å². The summed E-state index contributed by atoms with van der Waals surface area (Å²) in [5.41, 5.74) is -0.0463. The Bertz CT molecular complexity index is 192. The maximum Gasteiger partial charge on any atom is 0.164 e. The summed E-state index contributed by atoms with van der Waals surface area (Å²) in [7, 11) is 0. The molecule has 0 aromatic heterocycles. The van der Waals surface area contributed by atoms with Gasteiger partial charge in [0.05, 0.1) is 5.60 Å². The Morgan fingerprint density at radius 1 is 1.33 bits per heavy atom. The van der Waals surface area contributed by atoms with Crippen LogP contribution in [0, 0.1) is 5.92 Å². The molecule has 1 unspecified atom stereocenters. The highest BCUT2D eigenvalue weighted by Crippen LogP contribution is 2.41. The normalized spacial score (nSPS) is 34.4. The van der Waals surface area contributed by atoms with Gasteiger partial charge in [-0.1, -0.05) is 26.2 Å². The van der Waals surface area contributed by atoms with Crippen molar-refractivity contribution in [3.05, 3.63) is 0 Å². The van der Waals surface area contributed by atoms with E-state index in [1.807, 2.05) is 6.92 Å². The second-order valence-electron chi connectivity index (χ2n) is 4.10. The van der Waals surface area contributed by atoms with Crippen molar-refractivity contribution in [3.8, 4) is 0 Å². The third-order valence-electron chi connectivity index (χ3n) is 3.47. The first-order valence-electron chi connectivity index (χ1n) is 4.91. The second-order valence-corrected chi connectivity index (χ2v) is 4.10. The van der Waals surface area contributed by atoms with Crippen LogP contribution in [-0.2, 0) is 9.53 Å². The molecule has 1 saturated heterocycles. The van der Waals surface area contributed by atoms with Gasteiger partial charge in [-0.25, -0.2) is 0 Å². The van der Waals surface area contributed by atoms with E-state index in [1.54, 1.807) is 0 Å². The van der Waals surface area contributed by atoms with Crippen molar-refractivity contribution in [2.45, 2.75) is 44.6 Å². The van der Waals surface area contributed by atoms with Crippen LogP contribution in [0.2, 0.25) is 0 Å². The molecular weight excluding hydrogens is 152 g/mol. The zero-order valence-electron chi connectivity index (χ0n) is 7.64. The quantitative estimate of drug-likeness (QED) is 0.552. The minimum Gasteiger partial charge on any atom is -0.366 e. The van der Waals surface area contributed by atoms with Crippen molar-refractivity contribution in [2.75, 3.05) is 6.61 Å². The zero-order valence-corrected chi connectivity index (χ0v) is 7.64. The molecule has 2 rings (SSSR count). The van der Waals surface area contributed by atoms with Gasteiger partial charge in [-0.2, -0.15) is 0 Å². The van der Waals surface area contributed by atoms with Crippen molar-refractivity contribution in [3.63, 3.8) is 0 Å². The van der Waals surface area contributed by atoms with Crippen LogP contribution >= 0.6 is 0 Å². The van der Waals surface area contributed by atoms with Crippen LogP contribution in [0.1, 0.15) is 39.0 Å². The molecule has 0 N–H and O–H groups in total. The Morgan fingerprint density at radius 2 is 2.00 bits per heavy atom. The third kappa shape index (κ3) is 1.09. The van der Waals surface area contributed by atoms with Gasteiger partial charge in [0.2, 0.25) is 0 Å². The number of rotatable bonds is 0. The third-order valence-corrected chi connectivity index (χ3v) is 3.47. The lowest BCUT2D eigenvalue weighted by atomic mass is 9.76. The van der Waals surface area contributed by atoms with Crippen molar-refractivity contribution in [2.24, 2.45) is 5.92 Å². The minimum atomic E-state index is -0.0463. The first-order valence-corrected chi connectivity index (χ1v) is 4.91. The summed E-state index contributed by atoms with van der Waals surface area (Å²) < 4.78 is 5.66. The number of carbonyl (C=O) groups is 1. The Balaban J connectivity index is 2.14. The van der Waals surface area contributed by atoms with Gasteiger partial charge in [0.1, 0.15) is 6.61 Å². The van der Waals surface area contributed by atoms with Crippen LogP contribution in [0.15, 0.2) is 0 Å². The van der Waals surface area contributed by atoms with Gasteiger partial charge in [0, 0.05) is 5.92 Å². The van der Waals surface area contributed by atoms with Crippen LogP contribution in [-0.4, -0.2) is 18.0 Å². The molecule has 1 aliphatic heterocycles. The van der Waals surface area contributed by atoms with E-state index in [4.69, 9.17) is 4.74 Å². The van der Waals surface area contributed by atoms with Crippen molar-refractivity contribution in [1.82, 2.24) is 0 Å². The second kappa shape index (κ2) is 2.84. The molecule has 2 fully saturated rings. The van der Waals surface area contributed by atoms with Gasteiger partial charge in [-0.05, 0) is 12.8 Å². The van der Waals surface area contributed by atoms with E-state index in [-0.39, 0.29) is 11.5 Å². The van der Waals surface area contributed by atoms with Crippen LogP contribution < -0.4 is 0 Å². The molecule has 1 saturated carbocycles. The lowest BCUT2D eigenvalue weighted by Crippen LogP contribution is -2.37. The molecular formula is C10H16O2. The molecule has 0 aromatic carbocycles. The molecule has 0 amide bonds. The maximum absolute atomic E-state index is 11.3. The highest BCUT2D eigenvalue weighted by molar-refractivity contribution is 5.85. The highest BCUT2D eigenvalue weighted by atomic mass is 16.5. The Labute approximate surface area is 73.3 Å². The fourth-order valence-electron chi connectivity index (χ4n) is 2.49. The average Bonchev–Trinajstić information content (AvgIpc) is 2.37. The number of Topliss-reactive ketones (excluding diaryl/α,β-unsaturated/α-hetero) is 1. The largest absolute Gasteiger partial charge is 0.366 e. The van der Waals surface area contributed by atoms with Crippen LogP contribution in [0.3, 0.4) is 0 Å². The fourth-order valence-corrected chi connectivity index (χ4v) is 2.49. The van der Waals surface area contributed by atoms with Gasteiger partial charge < -0.3 is 4.74 Å². The van der Waals surface area contributed by atoms with Gasteiger partial charge in [-0.15, -0.1) is 0 Å². The fraction of sp³-hybridized carbons (Fsp3) is 0.900. The van der Waals surface area contributed by atoms with Gasteiger partial charge >= 0.3 is 0 Å². The molecule has 2 nitrogen and oxygen atoms in total. The molecule has 0 aromatic rings. The lowest BCUT2D eigenvalue weighted by Gasteiger charge is -2.35. The Morgan fingerprint density at radius 3 is 2.50 bits per heavy atom. The average molecular weight is 168 g/mol.